The highest BCUT2D eigenvalue weighted by molar-refractivity contribution is 8.01. The number of anilines is 2. The fourth-order valence-corrected chi connectivity index (χ4v) is 4.09. The van der Waals surface area contributed by atoms with Gasteiger partial charge in [0.15, 0.2) is 4.34 Å². The zero-order chi connectivity index (χ0) is 19.2. The molecule has 0 bridgehead atoms. The van der Waals surface area contributed by atoms with Crippen LogP contribution in [0.3, 0.4) is 0 Å². The number of nitrogens with one attached hydrogen (secondary N) is 2. The van der Waals surface area contributed by atoms with Crippen LogP contribution in [0, 0.1) is 0 Å². The second kappa shape index (κ2) is 9.18. The Hall–Kier alpha value is -2.13. The van der Waals surface area contributed by atoms with Crippen molar-refractivity contribution in [3.63, 3.8) is 0 Å². The largest absolute Gasteiger partial charge is 0.325 e. The first kappa shape index (κ1) is 19.6. The molecule has 10 heteroatoms. The molecule has 0 spiro atoms. The van der Waals surface area contributed by atoms with Gasteiger partial charge in [-0.25, -0.2) is 0 Å². The minimum absolute atomic E-state index is 0.152. The molecule has 3 aromatic rings. The molecule has 0 radical (unpaired) electrons. The minimum Gasteiger partial charge on any atom is -0.325 e. The van der Waals surface area contributed by atoms with Crippen molar-refractivity contribution < 1.29 is 9.59 Å². The number of carbonyl (C=O) groups excluding carboxylic acids is 2. The average molecular weight is 439 g/mol. The van der Waals surface area contributed by atoms with Gasteiger partial charge in [-0.1, -0.05) is 64.5 Å². The van der Waals surface area contributed by atoms with Gasteiger partial charge in [-0.2, -0.15) is 0 Å². The molecule has 2 amide bonds. The van der Waals surface area contributed by atoms with Crippen LogP contribution in [0.25, 0.3) is 0 Å². The Morgan fingerprint density at radius 3 is 2.41 bits per heavy atom. The summed E-state index contributed by atoms with van der Waals surface area (Å²) >= 11 is 14.2. The van der Waals surface area contributed by atoms with Crippen LogP contribution >= 0.6 is 46.3 Å². The minimum atomic E-state index is -0.395. The van der Waals surface area contributed by atoms with Crippen LogP contribution < -0.4 is 10.6 Å². The number of aromatic nitrogens is 2. The molecule has 0 aliphatic carbocycles. The van der Waals surface area contributed by atoms with Crippen LogP contribution in [0.15, 0.2) is 52.9 Å². The Bertz CT molecular complexity index is 946. The second-order valence-corrected chi connectivity index (χ2v) is 8.26. The summed E-state index contributed by atoms with van der Waals surface area (Å²) in [6, 6.07) is 13.7. The van der Waals surface area contributed by atoms with E-state index in [1.807, 2.05) is 30.3 Å². The number of benzene rings is 2. The summed E-state index contributed by atoms with van der Waals surface area (Å²) in [5, 5.41) is 14.3. The maximum absolute atomic E-state index is 12.2. The van der Waals surface area contributed by atoms with E-state index in [2.05, 4.69) is 20.8 Å². The number of thioether (sulfide) groups is 1. The summed E-state index contributed by atoms with van der Waals surface area (Å²) in [6.07, 6.45) is 0. The van der Waals surface area contributed by atoms with Gasteiger partial charge in [0.05, 0.1) is 5.75 Å². The molecule has 6 nitrogen and oxygen atoms in total. The van der Waals surface area contributed by atoms with Crippen molar-refractivity contribution in [2.45, 2.75) is 4.34 Å². The lowest BCUT2D eigenvalue weighted by molar-refractivity contribution is -0.113. The summed E-state index contributed by atoms with van der Waals surface area (Å²) in [6.45, 7) is 0. The Morgan fingerprint density at radius 1 is 1.00 bits per heavy atom. The molecule has 3 rings (SSSR count). The zero-order valence-corrected chi connectivity index (χ0v) is 16.8. The SMILES string of the molecule is O=C(CSc1nnc(NC(=O)c2cc(Cl)cc(Cl)c2)s1)Nc1ccccc1. The molecule has 138 valence electrons. The molecule has 1 heterocycles. The predicted molar refractivity (Wildman–Crippen MR) is 110 cm³/mol. The third-order valence-electron chi connectivity index (χ3n) is 3.14. The van der Waals surface area contributed by atoms with E-state index in [-0.39, 0.29) is 11.7 Å². The Balaban J connectivity index is 1.53. The lowest BCUT2D eigenvalue weighted by atomic mass is 10.2. The van der Waals surface area contributed by atoms with Gasteiger partial charge in [0.2, 0.25) is 11.0 Å². The number of rotatable bonds is 6. The lowest BCUT2D eigenvalue weighted by Gasteiger charge is -2.03. The van der Waals surface area contributed by atoms with Crippen molar-refractivity contribution in [2.75, 3.05) is 16.4 Å². The number of nitrogens with zero attached hydrogens (tertiary/aromatic N) is 2. The summed E-state index contributed by atoms with van der Waals surface area (Å²) in [7, 11) is 0. The highest BCUT2D eigenvalue weighted by atomic mass is 35.5. The van der Waals surface area contributed by atoms with E-state index in [1.165, 1.54) is 35.2 Å². The van der Waals surface area contributed by atoms with E-state index >= 15 is 0 Å². The number of hydrogen-bond donors (Lipinski definition) is 2. The Labute approximate surface area is 173 Å². The van der Waals surface area contributed by atoms with Crippen LogP contribution in [0.1, 0.15) is 10.4 Å². The zero-order valence-electron chi connectivity index (χ0n) is 13.6. The molecule has 0 atom stereocenters. The molecular formula is C17H12Cl2N4O2S2. The summed E-state index contributed by atoms with van der Waals surface area (Å²) in [4.78, 5) is 24.2. The van der Waals surface area contributed by atoms with Crippen molar-refractivity contribution in [3.05, 3.63) is 64.1 Å². The van der Waals surface area contributed by atoms with Gasteiger partial charge in [0.25, 0.3) is 5.91 Å². The fraction of sp³-hybridized carbons (Fsp3) is 0.0588. The smallest absolute Gasteiger partial charge is 0.257 e. The molecular weight excluding hydrogens is 427 g/mol. The maximum Gasteiger partial charge on any atom is 0.257 e. The molecule has 0 aliphatic heterocycles. The topological polar surface area (TPSA) is 84.0 Å². The highest BCUT2D eigenvalue weighted by Crippen LogP contribution is 2.26. The second-order valence-electron chi connectivity index (χ2n) is 5.19. The molecule has 2 N–H and O–H groups in total. The maximum atomic E-state index is 12.2. The quantitative estimate of drug-likeness (QED) is 0.425. The summed E-state index contributed by atoms with van der Waals surface area (Å²) in [5.41, 5.74) is 1.05. The van der Waals surface area contributed by atoms with Crippen molar-refractivity contribution >= 4 is 68.9 Å². The average Bonchev–Trinajstić information content (AvgIpc) is 3.07. The van der Waals surface area contributed by atoms with E-state index in [9.17, 15) is 9.59 Å². The van der Waals surface area contributed by atoms with E-state index in [0.29, 0.717) is 25.1 Å². The van der Waals surface area contributed by atoms with Crippen LogP contribution in [-0.2, 0) is 4.79 Å². The molecule has 2 aromatic carbocycles. The molecule has 27 heavy (non-hydrogen) atoms. The van der Waals surface area contributed by atoms with Crippen molar-refractivity contribution in [1.82, 2.24) is 10.2 Å². The van der Waals surface area contributed by atoms with Crippen LogP contribution in [-0.4, -0.2) is 27.8 Å². The van der Waals surface area contributed by atoms with Gasteiger partial charge in [0, 0.05) is 21.3 Å². The standard InChI is InChI=1S/C17H12Cl2N4O2S2/c18-11-6-10(7-12(19)8-11)15(25)21-16-22-23-17(27-16)26-9-14(24)20-13-4-2-1-3-5-13/h1-8H,9H2,(H,20,24)(H,21,22,25). The molecule has 0 fully saturated rings. The van der Waals surface area contributed by atoms with Gasteiger partial charge >= 0.3 is 0 Å². The van der Waals surface area contributed by atoms with Crippen LogP contribution in [0.2, 0.25) is 10.0 Å². The van der Waals surface area contributed by atoms with E-state index in [0.717, 1.165) is 5.69 Å². The monoisotopic (exact) mass is 438 g/mol. The third kappa shape index (κ3) is 5.93. The summed E-state index contributed by atoms with van der Waals surface area (Å²) < 4.78 is 0.567. The van der Waals surface area contributed by atoms with Crippen molar-refractivity contribution in [2.24, 2.45) is 0 Å². The molecule has 0 unspecified atom stereocenters. The predicted octanol–water partition coefficient (Wildman–Crippen LogP) is 4.83. The lowest BCUT2D eigenvalue weighted by Crippen LogP contribution is -2.13. The van der Waals surface area contributed by atoms with Crippen LogP contribution in [0.5, 0.6) is 0 Å². The summed E-state index contributed by atoms with van der Waals surface area (Å²) in [5.74, 6) is -0.365. The van der Waals surface area contributed by atoms with Gasteiger partial charge in [0.1, 0.15) is 0 Å². The van der Waals surface area contributed by atoms with E-state index < -0.39 is 5.91 Å². The highest BCUT2D eigenvalue weighted by Gasteiger charge is 2.13. The molecule has 0 saturated carbocycles. The Morgan fingerprint density at radius 2 is 1.70 bits per heavy atom. The molecule has 1 aromatic heterocycles. The number of hydrogen-bond acceptors (Lipinski definition) is 6. The van der Waals surface area contributed by atoms with Crippen molar-refractivity contribution in [1.29, 1.82) is 0 Å². The van der Waals surface area contributed by atoms with Gasteiger partial charge < -0.3 is 5.32 Å². The first-order chi connectivity index (χ1) is 13.0. The first-order valence-corrected chi connectivity index (χ1v) is 10.1. The fourth-order valence-electron chi connectivity index (χ4n) is 2.02. The van der Waals surface area contributed by atoms with Crippen molar-refractivity contribution in [3.8, 4) is 0 Å². The van der Waals surface area contributed by atoms with E-state index in [4.69, 9.17) is 23.2 Å². The molecule has 0 saturated heterocycles. The van der Waals surface area contributed by atoms with Gasteiger partial charge in [-0.3, -0.25) is 14.9 Å². The number of amides is 2. The van der Waals surface area contributed by atoms with Gasteiger partial charge in [-0.05, 0) is 30.3 Å². The molecule has 0 aliphatic rings. The van der Waals surface area contributed by atoms with E-state index in [1.54, 1.807) is 6.07 Å². The van der Waals surface area contributed by atoms with Crippen LogP contribution in [0.4, 0.5) is 10.8 Å². The third-order valence-corrected chi connectivity index (χ3v) is 5.54. The van der Waals surface area contributed by atoms with Gasteiger partial charge in [-0.15, -0.1) is 10.2 Å². The normalized spacial score (nSPS) is 10.4. The first-order valence-electron chi connectivity index (χ1n) is 7.58. The Kier molecular flexibility index (Phi) is 6.68. The number of para-hydroxylation sites is 1. The number of halogens is 2. The number of carbonyl (C=O) groups is 2.